The number of nitrogens with one attached hydrogen (secondary N) is 2. The van der Waals surface area contributed by atoms with Gasteiger partial charge in [0.25, 0.3) is 5.69 Å². The van der Waals surface area contributed by atoms with Crippen molar-refractivity contribution in [3.8, 4) is 5.75 Å². The quantitative estimate of drug-likeness (QED) is 0.259. The van der Waals surface area contributed by atoms with Gasteiger partial charge >= 0.3 is 6.09 Å². The number of unbranched alkanes of at least 4 members (excludes halogenated alkanes) is 2. The van der Waals surface area contributed by atoms with Gasteiger partial charge in [-0.3, -0.25) is 14.9 Å². The maximum Gasteiger partial charge on any atom is 0.407 e. The Kier molecular flexibility index (Phi) is 11.1. The summed E-state index contributed by atoms with van der Waals surface area (Å²) in [4.78, 5) is 33.7. The number of carbonyl (C=O) groups excluding carboxylic acids is 2. The summed E-state index contributed by atoms with van der Waals surface area (Å²) < 4.78 is 10.6. The van der Waals surface area contributed by atoms with Crippen LogP contribution in [0, 0.1) is 10.1 Å². The van der Waals surface area contributed by atoms with Crippen LogP contribution >= 0.6 is 0 Å². The molecule has 0 radical (unpaired) electrons. The van der Waals surface area contributed by atoms with Gasteiger partial charge in [-0.25, -0.2) is 4.79 Å². The molecule has 2 aromatic carbocycles. The largest absolute Gasteiger partial charge is 0.493 e. The Hall–Kier alpha value is -3.62. The summed E-state index contributed by atoms with van der Waals surface area (Å²) in [5.74, 6) is 0.402. The van der Waals surface area contributed by atoms with Gasteiger partial charge in [0.1, 0.15) is 12.4 Å². The van der Waals surface area contributed by atoms with E-state index >= 15 is 0 Å². The molecule has 0 aliphatic carbocycles. The third kappa shape index (κ3) is 10.4. The summed E-state index contributed by atoms with van der Waals surface area (Å²) in [6.07, 6.45) is 2.90. The molecule has 172 valence electrons. The molecule has 2 rings (SSSR count). The van der Waals surface area contributed by atoms with Crippen LogP contribution in [0.15, 0.2) is 54.6 Å². The number of non-ortho nitro benzene ring substituents is 1. The molecule has 2 amide bonds. The van der Waals surface area contributed by atoms with Crippen LogP contribution in [0.3, 0.4) is 0 Å². The first-order valence-corrected chi connectivity index (χ1v) is 10.6. The molecule has 0 heterocycles. The molecular formula is C23H29N3O6. The van der Waals surface area contributed by atoms with Crippen molar-refractivity contribution >= 4 is 17.7 Å². The minimum atomic E-state index is -0.471. The Balaban J connectivity index is 1.42. The molecule has 0 bridgehead atoms. The number of hydrogen-bond donors (Lipinski definition) is 2. The molecule has 0 aromatic heterocycles. The molecule has 0 saturated carbocycles. The lowest BCUT2D eigenvalue weighted by atomic mass is 10.2. The Labute approximate surface area is 187 Å². The van der Waals surface area contributed by atoms with Gasteiger partial charge in [0, 0.05) is 25.6 Å². The van der Waals surface area contributed by atoms with Gasteiger partial charge in [-0.1, -0.05) is 42.8 Å². The average Bonchev–Trinajstić information content (AvgIpc) is 2.80. The average molecular weight is 444 g/mol. The van der Waals surface area contributed by atoms with Crippen LogP contribution in [-0.4, -0.2) is 36.6 Å². The van der Waals surface area contributed by atoms with E-state index in [1.165, 1.54) is 12.1 Å². The van der Waals surface area contributed by atoms with E-state index in [2.05, 4.69) is 10.6 Å². The van der Waals surface area contributed by atoms with Gasteiger partial charge in [-0.05, 0) is 30.9 Å². The smallest absolute Gasteiger partial charge is 0.407 e. The third-order valence-electron chi connectivity index (χ3n) is 4.50. The first-order valence-electron chi connectivity index (χ1n) is 10.6. The van der Waals surface area contributed by atoms with Crippen LogP contribution in [0.25, 0.3) is 0 Å². The Morgan fingerprint density at radius 3 is 2.47 bits per heavy atom. The fourth-order valence-electron chi connectivity index (χ4n) is 2.82. The lowest BCUT2D eigenvalue weighted by Crippen LogP contribution is -2.26. The molecular weight excluding hydrogens is 414 g/mol. The summed E-state index contributed by atoms with van der Waals surface area (Å²) in [7, 11) is 0. The molecule has 0 unspecified atom stereocenters. The van der Waals surface area contributed by atoms with E-state index in [4.69, 9.17) is 9.47 Å². The fourth-order valence-corrected chi connectivity index (χ4v) is 2.82. The van der Waals surface area contributed by atoms with Crippen molar-refractivity contribution in [3.63, 3.8) is 0 Å². The predicted molar refractivity (Wildman–Crippen MR) is 119 cm³/mol. The number of nitro benzene ring substituents is 1. The lowest BCUT2D eigenvalue weighted by Gasteiger charge is -2.08. The van der Waals surface area contributed by atoms with Crippen LogP contribution in [-0.2, 0) is 16.1 Å². The molecule has 2 N–H and O–H groups in total. The van der Waals surface area contributed by atoms with Gasteiger partial charge in [-0.15, -0.1) is 0 Å². The van der Waals surface area contributed by atoms with Gasteiger partial charge in [0.15, 0.2) is 0 Å². The Bertz CT molecular complexity index is 860. The fraction of sp³-hybridized carbons (Fsp3) is 0.391. The maximum absolute atomic E-state index is 11.8. The number of carbonyl (C=O) groups is 2. The SMILES string of the molecule is O=C(CCCCCNC(=O)OCc1ccccc1)NCCCOc1cccc([N+](=O)[O-])c1. The molecule has 2 aromatic rings. The number of alkyl carbamates (subject to hydrolysis) is 1. The van der Waals surface area contributed by atoms with Crippen molar-refractivity contribution in [2.24, 2.45) is 0 Å². The van der Waals surface area contributed by atoms with Gasteiger partial charge in [-0.2, -0.15) is 0 Å². The highest BCUT2D eigenvalue weighted by atomic mass is 16.6. The first-order chi connectivity index (χ1) is 15.5. The number of nitro groups is 1. The second-order valence-corrected chi connectivity index (χ2v) is 7.11. The second kappa shape index (κ2) is 14.4. The molecule has 0 fully saturated rings. The molecule has 0 aliphatic rings. The van der Waals surface area contributed by atoms with Crippen molar-refractivity contribution < 1.29 is 24.0 Å². The lowest BCUT2D eigenvalue weighted by molar-refractivity contribution is -0.384. The van der Waals surface area contributed by atoms with Crippen LogP contribution in [0.4, 0.5) is 10.5 Å². The standard InChI is InChI=1S/C23H29N3O6/c27-22(24-15-8-16-31-21-12-7-11-20(17-21)26(29)30)13-5-2-6-14-25-23(28)32-18-19-9-3-1-4-10-19/h1,3-4,7,9-12,17H,2,5-6,8,13-16,18H2,(H,24,27)(H,25,28). The number of amides is 2. The highest BCUT2D eigenvalue weighted by Gasteiger charge is 2.06. The van der Waals surface area contributed by atoms with Gasteiger partial charge in [0.05, 0.1) is 17.6 Å². The highest BCUT2D eigenvalue weighted by molar-refractivity contribution is 5.75. The molecule has 32 heavy (non-hydrogen) atoms. The van der Waals surface area contributed by atoms with E-state index in [9.17, 15) is 19.7 Å². The Morgan fingerprint density at radius 2 is 1.69 bits per heavy atom. The van der Waals surface area contributed by atoms with Crippen molar-refractivity contribution in [1.82, 2.24) is 10.6 Å². The molecule has 9 heteroatoms. The monoisotopic (exact) mass is 443 g/mol. The summed E-state index contributed by atoms with van der Waals surface area (Å²) in [5.41, 5.74) is 0.916. The highest BCUT2D eigenvalue weighted by Crippen LogP contribution is 2.19. The summed E-state index contributed by atoms with van der Waals surface area (Å²) in [6.45, 7) is 1.57. The van der Waals surface area contributed by atoms with Crippen LogP contribution in [0.2, 0.25) is 0 Å². The van der Waals surface area contributed by atoms with E-state index in [1.54, 1.807) is 12.1 Å². The normalized spacial score (nSPS) is 10.2. The number of hydrogen-bond acceptors (Lipinski definition) is 6. The van der Waals surface area contributed by atoms with Crippen molar-refractivity contribution in [2.75, 3.05) is 19.7 Å². The van der Waals surface area contributed by atoms with Crippen molar-refractivity contribution in [2.45, 2.75) is 38.7 Å². The van der Waals surface area contributed by atoms with E-state index in [-0.39, 0.29) is 18.2 Å². The molecule has 0 aliphatic heterocycles. The minimum absolute atomic E-state index is 0.0184. The third-order valence-corrected chi connectivity index (χ3v) is 4.50. The van der Waals surface area contributed by atoms with Crippen LogP contribution in [0.5, 0.6) is 5.75 Å². The van der Waals surface area contributed by atoms with Gasteiger partial charge < -0.3 is 20.1 Å². The van der Waals surface area contributed by atoms with Gasteiger partial charge in [0.2, 0.25) is 5.91 Å². The Morgan fingerprint density at radius 1 is 0.906 bits per heavy atom. The number of ether oxygens (including phenoxy) is 2. The molecule has 0 saturated heterocycles. The van der Waals surface area contributed by atoms with Crippen LogP contribution < -0.4 is 15.4 Å². The van der Waals surface area contributed by atoms with E-state index < -0.39 is 11.0 Å². The first kappa shape index (κ1) is 24.6. The number of nitrogens with zero attached hydrogens (tertiary/aromatic N) is 1. The van der Waals surface area contributed by atoms with Crippen molar-refractivity contribution in [3.05, 3.63) is 70.3 Å². The zero-order chi connectivity index (χ0) is 23.0. The zero-order valence-electron chi connectivity index (χ0n) is 18.0. The summed E-state index contributed by atoms with van der Waals surface area (Å²) in [5, 5.41) is 16.3. The summed E-state index contributed by atoms with van der Waals surface area (Å²) in [6, 6.07) is 15.5. The number of benzene rings is 2. The van der Waals surface area contributed by atoms with E-state index in [0.717, 1.165) is 24.8 Å². The zero-order valence-corrected chi connectivity index (χ0v) is 18.0. The maximum atomic E-state index is 11.8. The topological polar surface area (TPSA) is 120 Å². The molecule has 9 nitrogen and oxygen atoms in total. The predicted octanol–water partition coefficient (Wildman–Crippen LogP) is 3.97. The van der Waals surface area contributed by atoms with Crippen molar-refractivity contribution in [1.29, 1.82) is 0 Å². The van der Waals surface area contributed by atoms with Crippen LogP contribution in [0.1, 0.15) is 37.7 Å². The number of rotatable bonds is 14. The second-order valence-electron chi connectivity index (χ2n) is 7.11. The molecule has 0 atom stereocenters. The summed E-state index contributed by atoms with van der Waals surface area (Å²) >= 11 is 0. The van der Waals surface area contributed by atoms with E-state index in [1.807, 2.05) is 30.3 Å². The minimum Gasteiger partial charge on any atom is -0.493 e. The molecule has 0 spiro atoms. The van der Waals surface area contributed by atoms with E-state index in [0.29, 0.717) is 38.3 Å².